The molecule has 0 bridgehead atoms. The first kappa shape index (κ1) is 11.1. The molecule has 1 aliphatic rings. The van der Waals surface area contributed by atoms with Gasteiger partial charge in [0.05, 0.1) is 12.5 Å². The van der Waals surface area contributed by atoms with Crippen LogP contribution in [-0.4, -0.2) is 24.1 Å². The highest BCUT2D eigenvalue weighted by atomic mass is 35.5. The van der Waals surface area contributed by atoms with Crippen molar-refractivity contribution < 1.29 is 14.3 Å². The number of alkyl halides is 1. The number of benzene rings is 1. The molecular formula is C12H11ClO3. The number of rotatable bonds is 3. The largest absolute Gasteiger partial charge is 0.493 e. The molecule has 0 radical (unpaired) electrons. The first-order chi connectivity index (χ1) is 7.72. The van der Waals surface area contributed by atoms with Crippen molar-refractivity contribution in [2.75, 3.05) is 12.5 Å². The van der Waals surface area contributed by atoms with Gasteiger partial charge in [0.2, 0.25) is 11.6 Å². The third kappa shape index (κ3) is 2.09. The number of ether oxygens (including phenoxy) is 1. The van der Waals surface area contributed by atoms with E-state index in [0.717, 1.165) is 24.2 Å². The molecule has 1 aromatic carbocycles. The first-order valence-electron chi connectivity index (χ1n) is 5.11. The summed E-state index contributed by atoms with van der Waals surface area (Å²) < 4.78 is 5.42. The number of carbonyl (C=O) groups excluding carboxylic acids is 2. The van der Waals surface area contributed by atoms with Crippen molar-refractivity contribution in [3.8, 4) is 5.75 Å². The highest BCUT2D eigenvalue weighted by Crippen LogP contribution is 2.25. The quantitative estimate of drug-likeness (QED) is 0.460. The molecule has 16 heavy (non-hydrogen) atoms. The van der Waals surface area contributed by atoms with Gasteiger partial charge in [-0.15, -0.1) is 11.6 Å². The standard InChI is InChI=1S/C12H11ClO3/c13-7-10(14)12(15)9-3-4-11-8(6-9)2-1-5-16-11/h3-4,6H,1-2,5,7H2. The highest BCUT2D eigenvalue weighted by Gasteiger charge is 2.18. The van der Waals surface area contributed by atoms with Crippen LogP contribution in [0.4, 0.5) is 0 Å². The van der Waals surface area contributed by atoms with Gasteiger partial charge in [-0.05, 0) is 36.6 Å². The summed E-state index contributed by atoms with van der Waals surface area (Å²) in [5, 5.41) is 0. The van der Waals surface area contributed by atoms with Crippen LogP contribution in [0.2, 0.25) is 0 Å². The minimum atomic E-state index is -0.571. The van der Waals surface area contributed by atoms with Crippen LogP contribution in [0.5, 0.6) is 5.75 Å². The molecule has 3 nitrogen and oxygen atoms in total. The molecule has 1 aromatic rings. The highest BCUT2D eigenvalue weighted by molar-refractivity contribution is 6.51. The zero-order valence-electron chi connectivity index (χ0n) is 8.66. The Balaban J connectivity index is 2.30. The molecule has 0 N–H and O–H groups in total. The zero-order valence-corrected chi connectivity index (χ0v) is 9.42. The summed E-state index contributed by atoms with van der Waals surface area (Å²) in [4.78, 5) is 22.8. The number of hydrogen-bond acceptors (Lipinski definition) is 3. The van der Waals surface area contributed by atoms with E-state index < -0.39 is 11.6 Å². The van der Waals surface area contributed by atoms with Crippen LogP contribution in [0.25, 0.3) is 0 Å². The Hall–Kier alpha value is -1.35. The lowest BCUT2D eigenvalue weighted by Gasteiger charge is -2.17. The maximum Gasteiger partial charge on any atom is 0.229 e. The molecule has 0 saturated heterocycles. The Morgan fingerprint density at radius 1 is 1.38 bits per heavy atom. The van der Waals surface area contributed by atoms with Gasteiger partial charge in [-0.25, -0.2) is 0 Å². The second-order valence-corrected chi connectivity index (χ2v) is 3.93. The van der Waals surface area contributed by atoms with Gasteiger partial charge in [0, 0.05) is 5.56 Å². The van der Waals surface area contributed by atoms with Gasteiger partial charge in [-0.3, -0.25) is 9.59 Å². The Bertz CT molecular complexity index is 440. The summed E-state index contributed by atoms with van der Waals surface area (Å²) >= 11 is 5.35. The van der Waals surface area contributed by atoms with E-state index in [1.165, 1.54) is 0 Å². The smallest absolute Gasteiger partial charge is 0.229 e. The Labute approximate surface area is 98.4 Å². The lowest BCUT2D eigenvalue weighted by Crippen LogP contribution is -2.16. The van der Waals surface area contributed by atoms with Crippen molar-refractivity contribution in [3.63, 3.8) is 0 Å². The SMILES string of the molecule is O=C(CCl)C(=O)c1ccc2c(c1)CCCO2. The minimum absolute atomic E-state index is 0.271. The summed E-state index contributed by atoms with van der Waals surface area (Å²) in [5.41, 5.74) is 1.38. The van der Waals surface area contributed by atoms with Crippen molar-refractivity contribution in [1.29, 1.82) is 0 Å². The lowest BCUT2D eigenvalue weighted by atomic mass is 10.0. The lowest BCUT2D eigenvalue weighted by molar-refractivity contribution is -0.112. The summed E-state index contributed by atoms with van der Waals surface area (Å²) in [5.74, 6) is -0.560. The minimum Gasteiger partial charge on any atom is -0.493 e. The van der Waals surface area contributed by atoms with E-state index in [1.54, 1.807) is 18.2 Å². The number of hydrogen-bond donors (Lipinski definition) is 0. The van der Waals surface area contributed by atoms with Crippen LogP contribution in [0, 0.1) is 0 Å². The Morgan fingerprint density at radius 2 is 2.19 bits per heavy atom. The fourth-order valence-electron chi connectivity index (χ4n) is 1.72. The van der Waals surface area contributed by atoms with Gasteiger partial charge in [-0.1, -0.05) is 0 Å². The van der Waals surface area contributed by atoms with Gasteiger partial charge in [-0.2, -0.15) is 0 Å². The molecule has 0 atom stereocenters. The van der Waals surface area contributed by atoms with Gasteiger partial charge >= 0.3 is 0 Å². The fraction of sp³-hybridized carbons (Fsp3) is 0.333. The van der Waals surface area contributed by atoms with E-state index in [0.29, 0.717) is 12.2 Å². The molecule has 84 valence electrons. The number of ketones is 2. The molecule has 4 heteroatoms. The predicted molar refractivity (Wildman–Crippen MR) is 60.3 cm³/mol. The van der Waals surface area contributed by atoms with E-state index in [1.807, 2.05) is 0 Å². The van der Waals surface area contributed by atoms with E-state index in [4.69, 9.17) is 16.3 Å². The van der Waals surface area contributed by atoms with Crippen LogP contribution < -0.4 is 4.74 Å². The number of fused-ring (bicyclic) bond motifs is 1. The number of halogens is 1. The molecule has 0 spiro atoms. The zero-order chi connectivity index (χ0) is 11.5. The van der Waals surface area contributed by atoms with Crippen molar-refractivity contribution in [2.45, 2.75) is 12.8 Å². The average Bonchev–Trinajstić information content (AvgIpc) is 2.36. The fourth-order valence-corrected chi connectivity index (χ4v) is 1.84. The maximum atomic E-state index is 11.6. The van der Waals surface area contributed by atoms with E-state index in [9.17, 15) is 9.59 Å². The third-order valence-corrected chi connectivity index (χ3v) is 2.79. The van der Waals surface area contributed by atoms with Crippen molar-refractivity contribution in [2.24, 2.45) is 0 Å². The van der Waals surface area contributed by atoms with E-state index >= 15 is 0 Å². The molecule has 0 aliphatic carbocycles. The number of Topliss-reactive ketones (excluding diaryl/α,β-unsaturated/α-hetero) is 2. The monoisotopic (exact) mass is 238 g/mol. The number of carbonyl (C=O) groups is 2. The van der Waals surface area contributed by atoms with Crippen molar-refractivity contribution in [3.05, 3.63) is 29.3 Å². The van der Waals surface area contributed by atoms with Crippen LogP contribution >= 0.6 is 11.6 Å². The topological polar surface area (TPSA) is 43.4 Å². The second kappa shape index (κ2) is 4.66. The van der Waals surface area contributed by atoms with Crippen molar-refractivity contribution in [1.82, 2.24) is 0 Å². The van der Waals surface area contributed by atoms with Gasteiger partial charge in [0.1, 0.15) is 5.75 Å². The van der Waals surface area contributed by atoms with Gasteiger partial charge < -0.3 is 4.74 Å². The predicted octanol–water partition coefficient (Wildman–Crippen LogP) is 2.00. The summed E-state index contributed by atoms with van der Waals surface area (Å²) in [6.07, 6.45) is 1.82. The molecule has 1 heterocycles. The van der Waals surface area contributed by atoms with Gasteiger partial charge in [0.15, 0.2) is 0 Å². The summed E-state index contributed by atoms with van der Waals surface area (Å²) in [6.45, 7) is 0.709. The van der Waals surface area contributed by atoms with Crippen LogP contribution in [-0.2, 0) is 11.2 Å². The molecule has 0 unspecified atom stereocenters. The first-order valence-corrected chi connectivity index (χ1v) is 5.65. The Morgan fingerprint density at radius 3 is 2.94 bits per heavy atom. The number of aryl methyl sites for hydroxylation is 1. The van der Waals surface area contributed by atoms with Crippen molar-refractivity contribution >= 4 is 23.2 Å². The molecule has 0 fully saturated rings. The molecular weight excluding hydrogens is 228 g/mol. The normalized spacial score (nSPS) is 13.8. The van der Waals surface area contributed by atoms with Crippen LogP contribution in [0.3, 0.4) is 0 Å². The third-order valence-electron chi connectivity index (χ3n) is 2.55. The summed E-state index contributed by atoms with van der Waals surface area (Å²) in [6, 6.07) is 5.07. The molecule has 1 aliphatic heterocycles. The molecule has 0 aromatic heterocycles. The van der Waals surface area contributed by atoms with E-state index in [2.05, 4.69) is 0 Å². The van der Waals surface area contributed by atoms with Gasteiger partial charge in [0.25, 0.3) is 0 Å². The molecule has 2 rings (SSSR count). The average molecular weight is 239 g/mol. The van der Waals surface area contributed by atoms with Crippen LogP contribution in [0.1, 0.15) is 22.3 Å². The summed E-state index contributed by atoms with van der Waals surface area (Å²) in [7, 11) is 0. The molecule has 0 saturated carbocycles. The Kier molecular flexibility index (Phi) is 3.25. The van der Waals surface area contributed by atoms with E-state index in [-0.39, 0.29) is 5.88 Å². The molecule has 0 amide bonds. The second-order valence-electron chi connectivity index (χ2n) is 3.66. The maximum absolute atomic E-state index is 11.6. The van der Waals surface area contributed by atoms with Crippen LogP contribution in [0.15, 0.2) is 18.2 Å².